The molecule has 1 heterocycles. The number of nitrogens with zero attached hydrogens (tertiary/aromatic N) is 3. The molecule has 1 aromatic rings. The van der Waals surface area contributed by atoms with E-state index in [1.165, 1.54) is 7.05 Å². The maximum absolute atomic E-state index is 11.2. The van der Waals surface area contributed by atoms with Gasteiger partial charge in [-0.25, -0.2) is 9.48 Å². The fourth-order valence-electron chi connectivity index (χ4n) is 1.06. The summed E-state index contributed by atoms with van der Waals surface area (Å²) in [7, 11) is 1.41. The van der Waals surface area contributed by atoms with Crippen molar-refractivity contribution < 1.29 is 14.7 Å². The summed E-state index contributed by atoms with van der Waals surface area (Å²) >= 11 is 16.8. The molecule has 0 unspecified atom stereocenters. The number of amides is 1. The minimum Gasteiger partial charge on any atom is -0.476 e. The number of carbonyl (C=O) groups excluding carboxylic acids is 1. The molecule has 2 N–H and O–H groups in total. The van der Waals surface area contributed by atoms with Crippen molar-refractivity contribution >= 4 is 46.7 Å². The third kappa shape index (κ3) is 3.21. The van der Waals surface area contributed by atoms with Gasteiger partial charge >= 0.3 is 5.97 Å². The van der Waals surface area contributed by atoms with Crippen LogP contribution >= 0.6 is 34.8 Å². The number of hydrogen-bond donors (Lipinski definition) is 2. The molecule has 1 amide bonds. The highest BCUT2D eigenvalue weighted by atomic mass is 35.6. The molecular formula is C7H7Cl3N4O3. The second-order valence-electron chi connectivity index (χ2n) is 2.92. The number of carboxylic acids is 1. The predicted octanol–water partition coefficient (Wildman–Crippen LogP) is 0.549. The molecule has 0 bridgehead atoms. The second-order valence-corrected chi connectivity index (χ2v) is 5.20. The van der Waals surface area contributed by atoms with Gasteiger partial charge in [-0.1, -0.05) is 40.0 Å². The van der Waals surface area contributed by atoms with Crippen LogP contribution in [0.3, 0.4) is 0 Å². The minimum atomic E-state index is -2.04. The standard InChI is InChI=1S/C7H7Cl3N4O3/c1-11-3(15)2-14-5(7(8,9)10)4(6(16)17)12-13-14/h2H2,1H3,(H,11,15)(H,16,17). The minimum absolute atomic E-state index is 0.265. The van der Waals surface area contributed by atoms with Gasteiger partial charge in [0.25, 0.3) is 0 Å². The van der Waals surface area contributed by atoms with E-state index in [4.69, 9.17) is 39.9 Å². The molecule has 1 rings (SSSR count). The van der Waals surface area contributed by atoms with Gasteiger partial charge in [-0.05, 0) is 0 Å². The van der Waals surface area contributed by atoms with Crippen LogP contribution in [0.15, 0.2) is 0 Å². The summed E-state index contributed by atoms with van der Waals surface area (Å²) in [5.74, 6) is -1.82. The summed E-state index contributed by atoms with van der Waals surface area (Å²) in [5, 5.41) is 18.0. The van der Waals surface area contributed by atoms with Gasteiger partial charge in [0, 0.05) is 7.05 Å². The van der Waals surface area contributed by atoms with Gasteiger partial charge in [0.2, 0.25) is 9.70 Å². The molecule has 0 fully saturated rings. The lowest BCUT2D eigenvalue weighted by Gasteiger charge is -2.13. The molecule has 7 nitrogen and oxygen atoms in total. The van der Waals surface area contributed by atoms with E-state index >= 15 is 0 Å². The SMILES string of the molecule is CNC(=O)Cn1nnc(C(=O)O)c1C(Cl)(Cl)Cl. The van der Waals surface area contributed by atoms with Crippen molar-refractivity contribution in [2.24, 2.45) is 0 Å². The van der Waals surface area contributed by atoms with Crippen LogP contribution in [-0.4, -0.2) is 39.0 Å². The molecule has 0 radical (unpaired) electrons. The molecular weight excluding hydrogens is 294 g/mol. The van der Waals surface area contributed by atoms with Crippen LogP contribution in [-0.2, 0) is 15.1 Å². The summed E-state index contributed by atoms with van der Waals surface area (Å²) in [6, 6.07) is 0. The number of alkyl halides is 3. The maximum atomic E-state index is 11.2. The van der Waals surface area contributed by atoms with Crippen molar-refractivity contribution in [3.8, 4) is 0 Å². The number of aromatic carboxylic acids is 1. The Morgan fingerprint density at radius 1 is 1.47 bits per heavy atom. The Balaban J connectivity index is 3.23. The van der Waals surface area contributed by atoms with Crippen LogP contribution in [0.4, 0.5) is 0 Å². The van der Waals surface area contributed by atoms with E-state index in [9.17, 15) is 9.59 Å². The van der Waals surface area contributed by atoms with Gasteiger partial charge in [-0.2, -0.15) is 0 Å². The number of rotatable bonds is 3. The molecule has 0 spiro atoms. The molecule has 0 saturated carbocycles. The van der Waals surface area contributed by atoms with Gasteiger partial charge < -0.3 is 10.4 Å². The maximum Gasteiger partial charge on any atom is 0.358 e. The molecule has 0 aliphatic carbocycles. The van der Waals surface area contributed by atoms with Gasteiger partial charge in [-0.3, -0.25) is 4.79 Å². The first-order valence-electron chi connectivity index (χ1n) is 4.22. The summed E-state index contributed by atoms with van der Waals surface area (Å²) < 4.78 is -1.11. The Hall–Kier alpha value is -1.05. The zero-order valence-corrected chi connectivity index (χ0v) is 10.7. The predicted molar refractivity (Wildman–Crippen MR) is 60.3 cm³/mol. The van der Waals surface area contributed by atoms with Crippen molar-refractivity contribution in [2.45, 2.75) is 10.3 Å². The first-order valence-corrected chi connectivity index (χ1v) is 5.35. The highest BCUT2D eigenvalue weighted by Gasteiger charge is 2.35. The largest absolute Gasteiger partial charge is 0.476 e. The monoisotopic (exact) mass is 300 g/mol. The molecule has 1 aromatic heterocycles. The van der Waals surface area contributed by atoms with Crippen LogP contribution in [0.5, 0.6) is 0 Å². The van der Waals surface area contributed by atoms with Crippen LogP contribution in [0, 0.1) is 0 Å². The lowest BCUT2D eigenvalue weighted by molar-refractivity contribution is -0.121. The highest BCUT2D eigenvalue weighted by Crippen LogP contribution is 2.39. The number of halogens is 3. The zero-order chi connectivity index (χ0) is 13.2. The Kier molecular flexibility index (Phi) is 4.18. The van der Waals surface area contributed by atoms with E-state index in [1.54, 1.807) is 0 Å². The number of nitrogens with one attached hydrogen (secondary N) is 1. The third-order valence-electron chi connectivity index (χ3n) is 1.78. The third-order valence-corrected chi connectivity index (χ3v) is 2.32. The number of carboxylic acid groups (broad SMARTS) is 1. The molecule has 0 aliphatic rings. The van der Waals surface area contributed by atoms with E-state index in [0.29, 0.717) is 0 Å². The molecule has 0 aliphatic heterocycles. The summed E-state index contributed by atoms with van der Waals surface area (Å²) in [6.07, 6.45) is 0. The summed E-state index contributed by atoms with van der Waals surface area (Å²) in [5.41, 5.74) is -0.771. The Morgan fingerprint density at radius 2 is 2.06 bits per heavy atom. The Morgan fingerprint density at radius 3 is 2.47 bits per heavy atom. The Bertz CT molecular complexity index is 454. The second kappa shape index (κ2) is 5.07. The van der Waals surface area contributed by atoms with E-state index in [2.05, 4.69) is 15.6 Å². The summed E-state index contributed by atoms with van der Waals surface area (Å²) in [4.78, 5) is 22.0. The van der Waals surface area contributed by atoms with Gasteiger partial charge in [0.05, 0.1) is 0 Å². The molecule has 94 valence electrons. The average Bonchev–Trinajstić information content (AvgIpc) is 2.60. The zero-order valence-electron chi connectivity index (χ0n) is 8.45. The number of carbonyl (C=O) groups is 2. The van der Waals surface area contributed by atoms with Crippen molar-refractivity contribution in [3.05, 3.63) is 11.4 Å². The molecule has 17 heavy (non-hydrogen) atoms. The average molecular weight is 302 g/mol. The van der Waals surface area contributed by atoms with Gasteiger partial charge in [0.1, 0.15) is 12.2 Å². The van der Waals surface area contributed by atoms with Crippen LogP contribution in [0.2, 0.25) is 0 Å². The van der Waals surface area contributed by atoms with Crippen LogP contribution < -0.4 is 5.32 Å². The van der Waals surface area contributed by atoms with Crippen molar-refractivity contribution in [1.82, 2.24) is 20.3 Å². The van der Waals surface area contributed by atoms with Crippen molar-refractivity contribution in [1.29, 1.82) is 0 Å². The van der Waals surface area contributed by atoms with Crippen molar-refractivity contribution in [2.75, 3.05) is 7.05 Å². The topological polar surface area (TPSA) is 97.1 Å². The van der Waals surface area contributed by atoms with E-state index in [0.717, 1.165) is 4.68 Å². The Labute approximate surface area is 111 Å². The first-order chi connectivity index (χ1) is 7.77. The van der Waals surface area contributed by atoms with Crippen LogP contribution in [0.1, 0.15) is 16.2 Å². The fourth-order valence-corrected chi connectivity index (χ4v) is 1.62. The van der Waals surface area contributed by atoms with Gasteiger partial charge in [-0.15, -0.1) is 5.10 Å². The van der Waals surface area contributed by atoms with Crippen LogP contribution in [0.25, 0.3) is 0 Å². The highest BCUT2D eigenvalue weighted by molar-refractivity contribution is 6.66. The lowest BCUT2D eigenvalue weighted by Crippen LogP contribution is -2.27. The molecule has 10 heteroatoms. The number of aromatic nitrogens is 3. The number of hydrogen-bond acceptors (Lipinski definition) is 4. The van der Waals surface area contributed by atoms with Gasteiger partial charge in [0.15, 0.2) is 5.69 Å². The quantitative estimate of drug-likeness (QED) is 0.795. The fraction of sp³-hybridized carbons (Fsp3) is 0.429. The van der Waals surface area contributed by atoms with E-state index in [-0.39, 0.29) is 12.2 Å². The lowest BCUT2D eigenvalue weighted by atomic mass is 10.3. The first kappa shape index (κ1) is 14.0. The normalized spacial score (nSPS) is 11.3. The van der Waals surface area contributed by atoms with Crippen molar-refractivity contribution in [3.63, 3.8) is 0 Å². The summed E-state index contributed by atoms with van der Waals surface area (Å²) in [6.45, 7) is -0.292. The number of likely N-dealkylation sites (N-methyl/N-ethyl adjacent to an activating group) is 1. The smallest absolute Gasteiger partial charge is 0.358 e. The van der Waals surface area contributed by atoms with E-state index < -0.39 is 21.4 Å². The molecule has 0 atom stereocenters. The molecule has 0 saturated heterocycles. The van der Waals surface area contributed by atoms with E-state index in [1.807, 2.05) is 0 Å². The molecule has 0 aromatic carbocycles.